The molecule has 0 bridgehead atoms. The molecule has 0 unspecified atom stereocenters. The van der Waals surface area contributed by atoms with Crippen LogP contribution in [0.1, 0.15) is 20.8 Å². The third kappa shape index (κ3) is 4.54. The van der Waals surface area contributed by atoms with Gasteiger partial charge in [0.15, 0.2) is 0 Å². The van der Waals surface area contributed by atoms with Crippen LogP contribution in [0.2, 0.25) is 0 Å². The van der Waals surface area contributed by atoms with Crippen LogP contribution in [-0.4, -0.2) is 0 Å². The van der Waals surface area contributed by atoms with Gasteiger partial charge in [-0.15, -0.1) is 0 Å². The van der Waals surface area contributed by atoms with Crippen molar-refractivity contribution < 1.29 is 4.39 Å². The highest BCUT2D eigenvalue weighted by Crippen LogP contribution is 2.10. The van der Waals surface area contributed by atoms with E-state index in [-0.39, 0.29) is 0 Å². The molecule has 1 heteroatoms. The molecule has 0 N–H and O–H groups in total. The number of allylic oxidation sites excluding steroid dienone is 5. The highest BCUT2D eigenvalue weighted by molar-refractivity contribution is 5.22. The lowest BCUT2D eigenvalue weighted by Gasteiger charge is -2.03. The molecule has 0 spiro atoms. The first-order chi connectivity index (χ1) is 5.22. The highest BCUT2D eigenvalue weighted by Gasteiger charge is 1.94. The summed E-state index contributed by atoms with van der Waals surface area (Å²) in [7, 11) is 0. The molecule has 0 heterocycles. The van der Waals surface area contributed by atoms with E-state index in [1.807, 2.05) is 19.1 Å². The molecule has 62 valence electrons. The van der Waals surface area contributed by atoms with Gasteiger partial charge in [-0.3, -0.25) is 0 Å². The van der Waals surface area contributed by atoms with E-state index in [9.17, 15) is 4.39 Å². The van der Waals surface area contributed by atoms with Crippen molar-refractivity contribution in [3.8, 4) is 0 Å². The SMILES string of the molecule is C\C=C(/C=C\C=C\F)C(C)C. The van der Waals surface area contributed by atoms with Crippen LogP contribution >= 0.6 is 0 Å². The van der Waals surface area contributed by atoms with Gasteiger partial charge in [0.05, 0.1) is 6.33 Å². The van der Waals surface area contributed by atoms with Gasteiger partial charge in [0.2, 0.25) is 0 Å². The predicted molar refractivity (Wildman–Crippen MR) is 48.0 cm³/mol. The molecule has 0 aromatic rings. The number of hydrogen-bond donors (Lipinski definition) is 0. The maximum atomic E-state index is 11.5. The second-order valence-corrected chi connectivity index (χ2v) is 2.62. The fraction of sp³-hybridized carbons (Fsp3) is 0.400. The summed E-state index contributed by atoms with van der Waals surface area (Å²) in [6.45, 7) is 6.20. The lowest BCUT2D eigenvalue weighted by molar-refractivity contribution is 0.721. The third-order valence-corrected chi connectivity index (χ3v) is 1.47. The Labute approximate surface area is 68.1 Å². The summed E-state index contributed by atoms with van der Waals surface area (Å²) in [4.78, 5) is 0. The molecule has 0 amide bonds. The molecule has 0 aliphatic rings. The Balaban J connectivity index is 4.10. The normalized spacial score (nSPS) is 14.1. The molecule has 0 aliphatic heterocycles. The lowest BCUT2D eigenvalue weighted by Crippen LogP contribution is -1.88. The molecule has 0 aromatic heterocycles. The second-order valence-electron chi connectivity index (χ2n) is 2.62. The molecule has 0 aromatic carbocycles. The van der Waals surface area contributed by atoms with Gasteiger partial charge in [-0.05, 0) is 24.5 Å². The summed E-state index contributed by atoms with van der Waals surface area (Å²) >= 11 is 0. The standard InChI is InChI=1S/C10H15F/c1-4-10(9(2)3)7-5-6-8-11/h4-9H,1-3H3/b7-5-,8-6+,10-4+. The van der Waals surface area contributed by atoms with Crippen LogP contribution in [0.25, 0.3) is 0 Å². The second kappa shape index (κ2) is 5.90. The molecule has 0 atom stereocenters. The average Bonchev–Trinajstić information content (AvgIpc) is 1.97. The van der Waals surface area contributed by atoms with Gasteiger partial charge < -0.3 is 0 Å². The van der Waals surface area contributed by atoms with Crippen molar-refractivity contribution in [2.45, 2.75) is 20.8 Å². The van der Waals surface area contributed by atoms with Crippen LogP contribution in [-0.2, 0) is 0 Å². The Hall–Kier alpha value is -0.850. The van der Waals surface area contributed by atoms with Crippen LogP contribution in [0, 0.1) is 5.92 Å². The molecule has 0 saturated carbocycles. The first kappa shape index (κ1) is 10.2. The summed E-state index contributed by atoms with van der Waals surface area (Å²) in [5.41, 5.74) is 1.23. The molecule has 0 saturated heterocycles. The van der Waals surface area contributed by atoms with Crippen LogP contribution < -0.4 is 0 Å². The van der Waals surface area contributed by atoms with Crippen molar-refractivity contribution in [2.75, 3.05) is 0 Å². The van der Waals surface area contributed by atoms with Crippen molar-refractivity contribution in [3.05, 3.63) is 36.2 Å². The molecular formula is C10H15F. The van der Waals surface area contributed by atoms with Crippen molar-refractivity contribution in [3.63, 3.8) is 0 Å². The van der Waals surface area contributed by atoms with E-state index >= 15 is 0 Å². The summed E-state index contributed by atoms with van der Waals surface area (Å²) in [5.74, 6) is 0.504. The average molecular weight is 154 g/mol. The first-order valence-corrected chi connectivity index (χ1v) is 3.82. The quantitative estimate of drug-likeness (QED) is 0.544. The maximum Gasteiger partial charge on any atom is 0.0866 e. The van der Waals surface area contributed by atoms with Crippen LogP contribution in [0.4, 0.5) is 4.39 Å². The minimum absolute atomic E-state index is 0.504. The van der Waals surface area contributed by atoms with Gasteiger partial charge in [0.1, 0.15) is 0 Å². The van der Waals surface area contributed by atoms with Crippen molar-refractivity contribution in [2.24, 2.45) is 5.92 Å². The Bertz CT molecular complexity index is 173. The summed E-state index contributed by atoms with van der Waals surface area (Å²) in [6.07, 6.45) is 7.57. The van der Waals surface area contributed by atoms with Gasteiger partial charge >= 0.3 is 0 Å². The van der Waals surface area contributed by atoms with Gasteiger partial charge in [-0.25, -0.2) is 4.39 Å². The Morgan fingerprint density at radius 2 is 1.91 bits per heavy atom. The molecule has 0 rings (SSSR count). The Kier molecular flexibility index (Phi) is 5.44. The van der Waals surface area contributed by atoms with E-state index in [4.69, 9.17) is 0 Å². The Morgan fingerprint density at radius 3 is 2.27 bits per heavy atom. The zero-order chi connectivity index (χ0) is 8.69. The van der Waals surface area contributed by atoms with Crippen LogP contribution in [0.3, 0.4) is 0 Å². The first-order valence-electron chi connectivity index (χ1n) is 3.82. The van der Waals surface area contributed by atoms with E-state index < -0.39 is 0 Å². The molecule has 0 radical (unpaired) electrons. The zero-order valence-corrected chi connectivity index (χ0v) is 7.34. The molecular weight excluding hydrogens is 139 g/mol. The van der Waals surface area contributed by atoms with E-state index in [0.717, 1.165) is 0 Å². The van der Waals surface area contributed by atoms with E-state index in [1.165, 1.54) is 11.6 Å². The summed E-state index contributed by atoms with van der Waals surface area (Å²) in [6, 6.07) is 0. The van der Waals surface area contributed by atoms with E-state index in [1.54, 1.807) is 6.08 Å². The van der Waals surface area contributed by atoms with Crippen LogP contribution in [0.5, 0.6) is 0 Å². The lowest BCUT2D eigenvalue weighted by atomic mass is 10.0. The third-order valence-electron chi connectivity index (χ3n) is 1.47. The number of halogens is 1. The van der Waals surface area contributed by atoms with E-state index in [0.29, 0.717) is 12.2 Å². The minimum Gasteiger partial charge on any atom is -0.216 e. The Morgan fingerprint density at radius 1 is 1.27 bits per heavy atom. The van der Waals surface area contributed by atoms with Gasteiger partial charge in [-0.1, -0.05) is 32.1 Å². The molecule has 11 heavy (non-hydrogen) atoms. The van der Waals surface area contributed by atoms with Crippen molar-refractivity contribution in [1.82, 2.24) is 0 Å². The largest absolute Gasteiger partial charge is 0.216 e. The van der Waals surface area contributed by atoms with Crippen molar-refractivity contribution in [1.29, 1.82) is 0 Å². The zero-order valence-electron chi connectivity index (χ0n) is 7.34. The van der Waals surface area contributed by atoms with E-state index in [2.05, 4.69) is 13.8 Å². The molecule has 0 fully saturated rings. The fourth-order valence-corrected chi connectivity index (χ4v) is 0.831. The predicted octanol–water partition coefficient (Wildman–Crippen LogP) is 3.63. The monoisotopic (exact) mass is 154 g/mol. The topological polar surface area (TPSA) is 0 Å². The van der Waals surface area contributed by atoms with Crippen molar-refractivity contribution >= 4 is 0 Å². The number of rotatable bonds is 3. The number of hydrogen-bond acceptors (Lipinski definition) is 0. The van der Waals surface area contributed by atoms with Crippen LogP contribution in [0.15, 0.2) is 36.2 Å². The maximum absolute atomic E-state index is 11.5. The highest BCUT2D eigenvalue weighted by atomic mass is 19.1. The smallest absolute Gasteiger partial charge is 0.0866 e. The molecule has 0 aliphatic carbocycles. The van der Waals surface area contributed by atoms with Gasteiger partial charge in [0, 0.05) is 0 Å². The van der Waals surface area contributed by atoms with Gasteiger partial charge in [-0.2, -0.15) is 0 Å². The van der Waals surface area contributed by atoms with Gasteiger partial charge in [0.25, 0.3) is 0 Å². The summed E-state index contributed by atoms with van der Waals surface area (Å²) in [5, 5.41) is 0. The molecule has 0 nitrogen and oxygen atoms in total. The summed E-state index contributed by atoms with van der Waals surface area (Å²) < 4.78 is 11.5. The fourth-order valence-electron chi connectivity index (χ4n) is 0.831. The minimum atomic E-state index is 0.504.